The molecule has 114 valence electrons. The number of rotatable bonds is 2. The third kappa shape index (κ3) is 1.76. The Labute approximate surface area is 131 Å². The molecule has 0 fully saturated rings. The quantitative estimate of drug-likeness (QED) is 0.575. The number of pyridine rings is 1. The molecule has 0 saturated carbocycles. The predicted octanol–water partition coefficient (Wildman–Crippen LogP) is 2.11. The molecule has 0 aliphatic carbocycles. The van der Waals surface area contributed by atoms with Crippen molar-refractivity contribution in [3.63, 3.8) is 0 Å². The Morgan fingerprint density at radius 2 is 2.30 bits per heavy atom. The van der Waals surface area contributed by atoms with Crippen LogP contribution < -0.4 is 0 Å². The molecule has 4 aromatic rings. The number of aromatic amines is 1. The van der Waals surface area contributed by atoms with Crippen LogP contribution in [0.3, 0.4) is 0 Å². The minimum Gasteiger partial charge on any atom is -0.346 e. The Morgan fingerprint density at radius 3 is 3.22 bits per heavy atom. The lowest BCUT2D eigenvalue weighted by atomic mass is 10.0. The fraction of sp³-hybridized carbons (Fsp3) is 0.250. The van der Waals surface area contributed by atoms with Crippen LogP contribution in [-0.2, 0) is 13.0 Å². The maximum absolute atomic E-state index is 10.9. The Kier molecular flexibility index (Phi) is 2.47. The Hall–Kier alpha value is -2.96. The maximum atomic E-state index is 10.9. The van der Waals surface area contributed by atoms with E-state index >= 15 is 0 Å². The second-order valence-electron chi connectivity index (χ2n) is 5.94. The molecule has 5 rings (SSSR count). The van der Waals surface area contributed by atoms with E-state index in [1.165, 1.54) is 0 Å². The fourth-order valence-corrected chi connectivity index (χ4v) is 3.54. The zero-order chi connectivity index (χ0) is 15.4. The number of aldehydes is 1. The van der Waals surface area contributed by atoms with Crippen molar-refractivity contribution < 1.29 is 4.79 Å². The Bertz CT molecular complexity index is 1040. The molecular weight excluding hydrogens is 292 g/mol. The van der Waals surface area contributed by atoms with Gasteiger partial charge in [0.25, 0.3) is 0 Å². The van der Waals surface area contributed by atoms with Crippen LogP contribution in [0, 0.1) is 0 Å². The molecule has 1 atom stereocenters. The smallest absolute Gasteiger partial charge is 0.170 e. The van der Waals surface area contributed by atoms with Crippen molar-refractivity contribution in [3.8, 4) is 0 Å². The molecular formula is C16H14N6O. The number of H-pyrrole nitrogens is 1. The second-order valence-corrected chi connectivity index (χ2v) is 5.94. The molecule has 5 heterocycles. The number of carbonyl (C=O) groups excluding carboxylic acids is 1. The highest BCUT2D eigenvalue weighted by atomic mass is 16.1. The van der Waals surface area contributed by atoms with E-state index in [0.717, 1.165) is 53.4 Å². The Morgan fingerprint density at radius 1 is 1.35 bits per heavy atom. The lowest BCUT2D eigenvalue weighted by Crippen LogP contribution is -2.23. The molecule has 0 amide bonds. The first-order valence-electron chi connectivity index (χ1n) is 7.64. The summed E-state index contributed by atoms with van der Waals surface area (Å²) in [7, 11) is 0. The highest BCUT2D eigenvalue weighted by molar-refractivity contribution is 6.00. The third-order valence-electron chi connectivity index (χ3n) is 4.63. The summed E-state index contributed by atoms with van der Waals surface area (Å²) in [6.45, 7) is 0.753. The highest BCUT2D eigenvalue weighted by Crippen LogP contribution is 2.30. The topological polar surface area (TPSA) is 81.4 Å². The van der Waals surface area contributed by atoms with Gasteiger partial charge in [-0.2, -0.15) is 5.10 Å². The van der Waals surface area contributed by atoms with Crippen molar-refractivity contribution >= 4 is 28.4 Å². The highest BCUT2D eigenvalue weighted by Gasteiger charge is 2.23. The molecule has 0 radical (unpaired) electrons. The maximum Gasteiger partial charge on any atom is 0.170 e. The van der Waals surface area contributed by atoms with E-state index in [9.17, 15) is 4.79 Å². The number of nitrogens with zero attached hydrogens (tertiary/aromatic N) is 5. The standard InChI is InChI=1S/C16H14N6O/c23-8-10-5-11-1-2-12(7-22(11)20-10)21-9-19-14-6-18-16-13(15(14)21)3-4-17-16/h3-6,8-9,12H,1-2,7H2,(H,17,18). The predicted molar refractivity (Wildman–Crippen MR) is 84.4 cm³/mol. The van der Waals surface area contributed by atoms with Crippen molar-refractivity contribution in [2.24, 2.45) is 0 Å². The summed E-state index contributed by atoms with van der Waals surface area (Å²) < 4.78 is 4.16. The summed E-state index contributed by atoms with van der Waals surface area (Å²) in [6, 6.07) is 4.19. The van der Waals surface area contributed by atoms with Crippen molar-refractivity contribution in [3.05, 3.63) is 42.2 Å². The van der Waals surface area contributed by atoms with Crippen LogP contribution in [-0.4, -0.2) is 35.6 Å². The second kappa shape index (κ2) is 4.52. The van der Waals surface area contributed by atoms with Gasteiger partial charge in [-0.15, -0.1) is 0 Å². The average molecular weight is 306 g/mol. The molecule has 7 nitrogen and oxygen atoms in total. The first-order valence-corrected chi connectivity index (χ1v) is 7.64. The van der Waals surface area contributed by atoms with Crippen LogP contribution in [0.5, 0.6) is 0 Å². The number of imidazole rings is 1. The number of carbonyl (C=O) groups is 1. The minimum atomic E-state index is 0.271. The van der Waals surface area contributed by atoms with Crippen LogP contribution in [0.25, 0.3) is 22.1 Å². The third-order valence-corrected chi connectivity index (χ3v) is 4.63. The molecule has 0 aromatic carbocycles. The van der Waals surface area contributed by atoms with E-state index < -0.39 is 0 Å². The van der Waals surface area contributed by atoms with Crippen molar-refractivity contribution in [1.29, 1.82) is 0 Å². The van der Waals surface area contributed by atoms with Gasteiger partial charge in [0.1, 0.15) is 16.9 Å². The first kappa shape index (κ1) is 12.6. The van der Waals surface area contributed by atoms with Crippen LogP contribution in [0.2, 0.25) is 0 Å². The molecule has 1 aliphatic rings. The molecule has 0 bridgehead atoms. The molecule has 1 N–H and O–H groups in total. The van der Waals surface area contributed by atoms with E-state index in [4.69, 9.17) is 0 Å². The number of aryl methyl sites for hydroxylation is 1. The van der Waals surface area contributed by atoms with E-state index in [1.54, 1.807) is 6.20 Å². The van der Waals surface area contributed by atoms with Crippen molar-refractivity contribution in [2.75, 3.05) is 0 Å². The van der Waals surface area contributed by atoms with Crippen LogP contribution in [0.15, 0.2) is 30.9 Å². The van der Waals surface area contributed by atoms with Gasteiger partial charge in [0.2, 0.25) is 0 Å². The van der Waals surface area contributed by atoms with Crippen molar-refractivity contribution in [2.45, 2.75) is 25.4 Å². The van der Waals surface area contributed by atoms with E-state index in [1.807, 2.05) is 29.3 Å². The monoisotopic (exact) mass is 306 g/mol. The van der Waals surface area contributed by atoms with Gasteiger partial charge in [0.15, 0.2) is 6.29 Å². The van der Waals surface area contributed by atoms with Gasteiger partial charge in [0, 0.05) is 17.3 Å². The lowest BCUT2D eigenvalue weighted by molar-refractivity contribution is 0.111. The summed E-state index contributed by atoms with van der Waals surface area (Å²) in [4.78, 5) is 23.0. The SMILES string of the molecule is O=Cc1cc2n(n1)CC(n1cnc3cnc4[nH]ccc4c31)CC2. The summed E-state index contributed by atoms with van der Waals surface area (Å²) >= 11 is 0. The zero-order valence-electron chi connectivity index (χ0n) is 12.3. The molecule has 0 spiro atoms. The van der Waals surface area contributed by atoms with Gasteiger partial charge in [-0.1, -0.05) is 0 Å². The molecule has 23 heavy (non-hydrogen) atoms. The summed E-state index contributed by atoms with van der Waals surface area (Å²) in [6.07, 6.45) is 8.31. The van der Waals surface area contributed by atoms with Crippen LogP contribution >= 0.6 is 0 Å². The number of aromatic nitrogens is 6. The summed E-state index contributed by atoms with van der Waals surface area (Å²) in [5.74, 6) is 0. The largest absolute Gasteiger partial charge is 0.346 e. The minimum absolute atomic E-state index is 0.271. The Balaban J connectivity index is 1.63. The first-order chi connectivity index (χ1) is 11.3. The van der Waals surface area contributed by atoms with Crippen LogP contribution in [0.1, 0.15) is 28.6 Å². The summed E-state index contributed by atoms with van der Waals surface area (Å²) in [5, 5.41) is 5.44. The molecule has 7 heteroatoms. The number of fused-ring (bicyclic) bond motifs is 4. The van der Waals surface area contributed by atoms with Gasteiger partial charge >= 0.3 is 0 Å². The van der Waals surface area contributed by atoms with E-state index in [2.05, 4.69) is 24.6 Å². The van der Waals surface area contributed by atoms with E-state index in [-0.39, 0.29) is 6.04 Å². The molecule has 1 unspecified atom stereocenters. The van der Waals surface area contributed by atoms with Gasteiger partial charge < -0.3 is 9.55 Å². The van der Waals surface area contributed by atoms with Crippen molar-refractivity contribution in [1.82, 2.24) is 29.3 Å². The van der Waals surface area contributed by atoms with E-state index in [0.29, 0.717) is 5.69 Å². The lowest BCUT2D eigenvalue weighted by Gasteiger charge is -2.25. The average Bonchev–Trinajstić information content (AvgIpc) is 3.29. The number of hydrogen-bond acceptors (Lipinski definition) is 4. The molecule has 1 aliphatic heterocycles. The summed E-state index contributed by atoms with van der Waals surface area (Å²) in [5.41, 5.74) is 4.51. The zero-order valence-corrected chi connectivity index (χ0v) is 12.3. The van der Waals surface area contributed by atoms with Crippen LogP contribution in [0.4, 0.5) is 0 Å². The normalized spacial score (nSPS) is 17.7. The number of hydrogen-bond donors (Lipinski definition) is 1. The fourth-order valence-electron chi connectivity index (χ4n) is 3.54. The van der Waals surface area contributed by atoms with Gasteiger partial charge in [0.05, 0.1) is 30.6 Å². The van der Waals surface area contributed by atoms with Gasteiger partial charge in [-0.05, 0) is 25.0 Å². The van der Waals surface area contributed by atoms with Gasteiger partial charge in [-0.3, -0.25) is 9.48 Å². The van der Waals surface area contributed by atoms with Gasteiger partial charge in [-0.25, -0.2) is 9.97 Å². The molecule has 4 aromatic heterocycles. The number of nitrogens with one attached hydrogen (secondary N) is 1. The molecule has 0 saturated heterocycles.